The molecule has 0 bridgehead atoms. The summed E-state index contributed by atoms with van der Waals surface area (Å²) in [6, 6.07) is 44.5. The minimum Gasteiger partial charge on any atom is -0.499 e. The molecule has 0 aliphatic carbocycles. The van der Waals surface area contributed by atoms with Gasteiger partial charge in [-0.15, -0.1) is 90.0 Å². The average Bonchev–Trinajstić information content (AvgIpc) is 3.75. The fourth-order valence-corrected chi connectivity index (χ4v) is 7.34. The summed E-state index contributed by atoms with van der Waals surface area (Å²) in [6.45, 7) is 6.80. The summed E-state index contributed by atoms with van der Waals surface area (Å²) < 4.78 is 100. The molecule has 0 radical (unpaired) electrons. The van der Waals surface area contributed by atoms with Crippen molar-refractivity contribution in [3.8, 4) is 39.8 Å². The van der Waals surface area contributed by atoms with Gasteiger partial charge in [-0.1, -0.05) is 105 Å². The summed E-state index contributed by atoms with van der Waals surface area (Å²) in [5.41, 5.74) is 1.53. The van der Waals surface area contributed by atoms with Crippen LogP contribution >= 0.6 is 0 Å². The third-order valence-corrected chi connectivity index (χ3v) is 10.6. The van der Waals surface area contributed by atoms with Crippen LogP contribution < -0.4 is 0 Å². The molecule has 9 aromatic rings. The van der Waals surface area contributed by atoms with Crippen molar-refractivity contribution in [2.24, 2.45) is 0 Å². The van der Waals surface area contributed by atoms with Crippen LogP contribution in [0.4, 0.5) is 0 Å². The minimum atomic E-state index is -2.92. The molecular weight excluding hydrogens is 937 g/mol. The second-order valence-corrected chi connectivity index (χ2v) is 15.7. The molecule has 0 fully saturated rings. The van der Waals surface area contributed by atoms with Crippen LogP contribution in [0, 0.1) is 29.5 Å². The standard InChI is InChI=1S/C56H45N4O.Ir/c1-55(2,45-24-27-50(59-36-45)42-13-7-5-8-14-42)32-40-29-39(30-41(31-40)33-56(3,4)46-25-28-51(60-37-46)43-15-9-6-10-16-43)22-21-38-23-26-52(58-35-38)49-20-12-19-48-47-18-11-17-44(34-57)53(47)61-54(48)49;/h5-13,15,17-19,23-31,35-37H,21-22,32-33H2,1-4H3;/q-3;+3/i11D,17D,21D2,22D2,32D2,33D2;. The van der Waals surface area contributed by atoms with E-state index in [1.165, 1.54) is 42.6 Å². The molecule has 0 saturated heterocycles. The maximum Gasteiger partial charge on any atom is 3.00 e. The van der Waals surface area contributed by atoms with E-state index in [1.807, 2.05) is 42.5 Å². The van der Waals surface area contributed by atoms with E-state index in [4.69, 9.17) is 7.16 Å². The quantitative estimate of drug-likeness (QED) is 0.114. The number of pyridine rings is 3. The molecule has 4 heterocycles. The number of nitrogens with zero attached hydrogens (tertiary/aromatic N) is 4. The normalized spacial score (nSPS) is 15.0. The minimum absolute atomic E-state index is 0. The van der Waals surface area contributed by atoms with Gasteiger partial charge in [-0.2, -0.15) is 5.26 Å². The Balaban J connectivity index is 0.00000693. The number of para-hydroxylation sites is 1. The summed E-state index contributed by atoms with van der Waals surface area (Å²) in [4.78, 5) is 13.8. The Morgan fingerprint density at radius 2 is 1.18 bits per heavy atom. The zero-order chi connectivity index (χ0) is 50.9. The van der Waals surface area contributed by atoms with Crippen molar-refractivity contribution in [1.29, 1.82) is 5.26 Å². The van der Waals surface area contributed by atoms with Gasteiger partial charge >= 0.3 is 20.1 Å². The molecule has 0 aliphatic heterocycles. The van der Waals surface area contributed by atoms with Crippen molar-refractivity contribution in [1.82, 2.24) is 15.0 Å². The molecule has 0 N–H and O–H groups in total. The van der Waals surface area contributed by atoms with Crippen molar-refractivity contribution in [3.05, 3.63) is 209 Å². The number of aryl methyl sites for hydroxylation is 2. The summed E-state index contributed by atoms with van der Waals surface area (Å²) in [5, 5.41) is 10.8. The molecule has 0 unspecified atom stereocenters. The summed E-state index contributed by atoms with van der Waals surface area (Å²) in [6.07, 6.45) is -6.02. The largest absolute Gasteiger partial charge is 3.00 e. The number of hydrogen-bond donors (Lipinski definition) is 0. The van der Waals surface area contributed by atoms with Crippen molar-refractivity contribution < 1.29 is 38.2 Å². The number of rotatable bonds is 12. The van der Waals surface area contributed by atoms with E-state index in [0.717, 1.165) is 11.1 Å². The van der Waals surface area contributed by atoms with Gasteiger partial charge in [0.15, 0.2) is 0 Å². The maximum atomic E-state index is 9.84. The summed E-state index contributed by atoms with van der Waals surface area (Å²) in [5.74, 6) is 0. The van der Waals surface area contributed by atoms with E-state index >= 15 is 0 Å². The van der Waals surface area contributed by atoms with Crippen LogP contribution in [0.1, 0.15) is 80.3 Å². The van der Waals surface area contributed by atoms with Gasteiger partial charge in [0.2, 0.25) is 0 Å². The number of fused-ring (bicyclic) bond motifs is 3. The second kappa shape index (κ2) is 17.8. The average molecular weight is 992 g/mol. The fourth-order valence-electron chi connectivity index (χ4n) is 7.34. The Labute approximate surface area is 392 Å². The van der Waals surface area contributed by atoms with Gasteiger partial charge in [0.05, 0.1) is 13.9 Å². The van der Waals surface area contributed by atoms with E-state index in [2.05, 4.69) is 33.2 Å². The predicted octanol–water partition coefficient (Wildman–Crippen LogP) is 12.9. The van der Waals surface area contributed by atoms with Crippen LogP contribution in [-0.4, -0.2) is 15.0 Å². The second-order valence-electron chi connectivity index (χ2n) is 15.7. The molecule has 9 rings (SSSR count). The van der Waals surface area contributed by atoms with Gasteiger partial charge in [-0.3, -0.25) is 0 Å². The molecule has 0 atom stereocenters. The Morgan fingerprint density at radius 3 is 1.71 bits per heavy atom. The van der Waals surface area contributed by atoms with Crippen molar-refractivity contribution in [2.45, 2.75) is 64.0 Å². The Bertz CT molecular complexity index is 3380. The third-order valence-electron chi connectivity index (χ3n) is 10.6. The first kappa shape index (κ1) is 31.4. The van der Waals surface area contributed by atoms with Crippen LogP contribution in [0.3, 0.4) is 0 Å². The van der Waals surface area contributed by atoms with Crippen molar-refractivity contribution in [3.63, 3.8) is 0 Å². The van der Waals surface area contributed by atoms with E-state index in [-0.39, 0.29) is 76.9 Å². The van der Waals surface area contributed by atoms with Crippen LogP contribution in [-0.2, 0) is 56.4 Å². The van der Waals surface area contributed by atoms with Crippen LogP contribution in [0.5, 0.6) is 0 Å². The van der Waals surface area contributed by atoms with Gasteiger partial charge in [-0.05, 0) is 92.8 Å². The number of aromatic nitrogens is 3. The summed E-state index contributed by atoms with van der Waals surface area (Å²) >= 11 is 0. The molecule has 0 saturated carbocycles. The van der Waals surface area contributed by atoms with Crippen LogP contribution in [0.15, 0.2) is 156 Å². The van der Waals surface area contributed by atoms with Gasteiger partial charge in [0.25, 0.3) is 0 Å². The Kier molecular flexibility index (Phi) is 9.02. The first-order valence-electron chi connectivity index (χ1n) is 24.8. The number of nitriles is 1. The van der Waals surface area contributed by atoms with E-state index in [0.29, 0.717) is 38.9 Å². The van der Waals surface area contributed by atoms with Crippen molar-refractivity contribution in [2.75, 3.05) is 0 Å². The number of furan rings is 1. The molecule has 4 aromatic heterocycles. The molecule has 6 heteroatoms. The van der Waals surface area contributed by atoms with E-state index < -0.39 is 36.3 Å². The topological polar surface area (TPSA) is 75.6 Å². The van der Waals surface area contributed by atoms with E-state index in [1.54, 1.807) is 88.6 Å². The molecule has 5 nitrogen and oxygen atoms in total. The Morgan fingerprint density at radius 1 is 0.613 bits per heavy atom. The molecule has 0 spiro atoms. The molecule has 0 aliphatic rings. The molecule has 5 aromatic carbocycles. The van der Waals surface area contributed by atoms with Gasteiger partial charge in [0, 0.05) is 34.9 Å². The van der Waals surface area contributed by atoms with Gasteiger partial charge in [0.1, 0.15) is 11.7 Å². The molecule has 62 heavy (non-hydrogen) atoms. The molecular formula is C56H45IrN4O. The number of benzene rings is 5. The van der Waals surface area contributed by atoms with Crippen LogP contribution in [0.25, 0.3) is 55.7 Å². The third kappa shape index (κ3) is 8.93. The molecule has 0 amide bonds. The zero-order valence-electron chi connectivity index (χ0n) is 44.3. The first-order chi connectivity index (χ1) is 33.5. The summed E-state index contributed by atoms with van der Waals surface area (Å²) in [7, 11) is 0. The maximum absolute atomic E-state index is 9.84. The van der Waals surface area contributed by atoms with Gasteiger partial charge < -0.3 is 19.4 Å². The number of hydrogen-bond acceptors (Lipinski definition) is 5. The first-order valence-corrected chi connectivity index (χ1v) is 19.8. The fraction of sp³-hybridized carbons (Fsp3) is 0.179. The van der Waals surface area contributed by atoms with Gasteiger partial charge in [-0.25, -0.2) is 0 Å². The SMILES string of the molecule is [2H]c1cc2c(oc3c(-c4ccc(C([2H])([2H])C([2H])([2H])c5cc(C([2H])([2H])C(C)(C)c6ccc(-c7[c-]cccc7)nc6)cc(C([2H])([2H])C(C)(C)c6ccc(-c7[c-]cccc7)nc6)c5)cn4)[c-]ccc32)c(C#N)c1[2H].[Ir+3]. The molecule has 304 valence electrons. The van der Waals surface area contributed by atoms with E-state index in [9.17, 15) is 16.2 Å². The Hall–Kier alpha value is -6.51. The predicted molar refractivity (Wildman–Crippen MR) is 245 cm³/mol. The smallest absolute Gasteiger partial charge is 0.499 e. The monoisotopic (exact) mass is 992 g/mol. The van der Waals surface area contributed by atoms with Crippen molar-refractivity contribution >= 4 is 21.9 Å². The van der Waals surface area contributed by atoms with Crippen LogP contribution in [0.2, 0.25) is 0 Å². The zero-order valence-corrected chi connectivity index (χ0v) is 36.7.